The molecule has 1 fully saturated rings. The number of hydrazine groups is 1. The van der Waals surface area contributed by atoms with E-state index in [9.17, 15) is 13.2 Å². The maximum atomic E-state index is 12.6. The van der Waals surface area contributed by atoms with Gasteiger partial charge in [-0.05, 0) is 18.8 Å². The molecule has 1 heterocycles. The van der Waals surface area contributed by atoms with Crippen LogP contribution in [0.2, 0.25) is 0 Å². The molecule has 0 spiro atoms. The van der Waals surface area contributed by atoms with E-state index in [-0.39, 0.29) is 11.6 Å². The van der Waals surface area contributed by atoms with Crippen LogP contribution in [0.3, 0.4) is 0 Å². The normalized spacial score (nSPS) is 16.6. The molecule has 106 valence electrons. The highest BCUT2D eigenvalue weighted by Gasteiger charge is 2.35. The van der Waals surface area contributed by atoms with Crippen LogP contribution in [0.5, 0.6) is 0 Å². The van der Waals surface area contributed by atoms with Crippen LogP contribution >= 0.6 is 0 Å². The Labute approximate surface area is 108 Å². The van der Waals surface area contributed by atoms with Gasteiger partial charge in [0.05, 0.1) is 0 Å². The molecule has 1 aromatic rings. The van der Waals surface area contributed by atoms with Crippen molar-refractivity contribution in [3.05, 3.63) is 11.9 Å². The predicted octanol–water partition coefficient (Wildman–Crippen LogP) is 2.38. The second-order valence-electron chi connectivity index (χ2n) is 4.64. The zero-order valence-electron chi connectivity index (χ0n) is 10.3. The van der Waals surface area contributed by atoms with Crippen LogP contribution in [0, 0.1) is 5.92 Å². The zero-order chi connectivity index (χ0) is 13.9. The first-order valence-corrected chi connectivity index (χ1v) is 6.16. The van der Waals surface area contributed by atoms with Gasteiger partial charge in [-0.25, -0.2) is 15.8 Å². The molecule has 8 heteroatoms. The molecule has 0 amide bonds. The molecule has 1 aliphatic carbocycles. The SMILES string of the molecule is NNc1cc(NCC2CCCC2)nc(C(F)(F)F)n1. The van der Waals surface area contributed by atoms with Gasteiger partial charge in [0.25, 0.3) is 0 Å². The molecular weight excluding hydrogens is 259 g/mol. The van der Waals surface area contributed by atoms with Crippen LogP contribution in [-0.4, -0.2) is 16.5 Å². The molecule has 0 atom stereocenters. The van der Waals surface area contributed by atoms with Crippen molar-refractivity contribution in [2.75, 3.05) is 17.3 Å². The average Bonchev–Trinajstić information content (AvgIpc) is 2.88. The van der Waals surface area contributed by atoms with E-state index in [4.69, 9.17) is 5.84 Å². The van der Waals surface area contributed by atoms with Gasteiger partial charge in [0.15, 0.2) is 0 Å². The Bertz CT molecular complexity index is 429. The van der Waals surface area contributed by atoms with E-state index in [1.165, 1.54) is 18.9 Å². The lowest BCUT2D eigenvalue weighted by Gasteiger charge is -2.13. The molecule has 0 bridgehead atoms. The lowest BCUT2D eigenvalue weighted by atomic mass is 10.1. The molecule has 19 heavy (non-hydrogen) atoms. The third kappa shape index (κ3) is 3.69. The van der Waals surface area contributed by atoms with Crippen molar-refractivity contribution in [2.24, 2.45) is 11.8 Å². The fraction of sp³-hybridized carbons (Fsp3) is 0.636. The van der Waals surface area contributed by atoms with Gasteiger partial charge in [-0.1, -0.05) is 12.8 Å². The first kappa shape index (κ1) is 13.9. The van der Waals surface area contributed by atoms with Crippen LogP contribution in [0.4, 0.5) is 24.8 Å². The summed E-state index contributed by atoms with van der Waals surface area (Å²) in [5.41, 5.74) is 2.12. The molecule has 0 unspecified atom stereocenters. The van der Waals surface area contributed by atoms with Gasteiger partial charge in [0.2, 0.25) is 5.82 Å². The van der Waals surface area contributed by atoms with Crippen molar-refractivity contribution < 1.29 is 13.2 Å². The summed E-state index contributed by atoms with van der Waals surface area (Å²) in [6.45, 7) is 0.623. The molecule has 0 aliphatic heterocycles. The fourth-order valence-electron chi connectivity index (χ4n) is 2.20. The van der Waals surface area contributed by atoms with Crippen LogP contribution < -0.4 is 16.6 Å². The molecule has 4 N–H and O–H groups in total. The number of anilines is 2. The number of hydrogen-bond donors (Lipinski definition) is 3. The number of rotatable bonds is 4. The highest BCUT2D eigenvalue weighted by Crippen LogP contribution is 2.29. The molecule has 2 rings (SSSR count). The van der Waals surface area contributed by atoms with Crippen LogP contribution in [-0.2, 0) is 6.18 Å². The van der Waals surface area contributed by atoms with Crippen molar-refractivity contribution in [1.82, 2.24) is 9.97 Å². The van der Waals surface area contributed by atoms with E-state index >= 15 is 0 Å². The Morgan fingerprint density at radius 2 is 1.84 bits per heavy atom. The molecular formula is C11H16F3N5. The second-order valence-corrected chi connectivity index (χ2v) is 4.64. The van der Waals surface area contributed by atoms with Crippen LogP contribution in [0.25, 0.3) is 0 Å². The van der Waals surface area contributed by atoms with Crippen LogP contribution in [0.15, 0.2) is 6.07 Å². The van der Waals surface area contributed by atoms with E-state index in [1.807, 2.05) is 0 Å². The minimum atomic E-state index is -4.59. The summed E-state index contributed by atoms with van der Waals surface area (Å²) in [5, 5.41) is 2.93. The van der Waals surface area contributed by atoms with Gasteiger partial charge >= 0.3 is 6.18 Å². The number of alkyl halides is 3. The quantitative estimate of drug-likeness (QED) is 0.581. The summed E-state index contributed by atoms with van der Waals surface area (Å²) >= 11 is 0. The first-order chi connectivity index (χ1) is 8.99. The van der Waals surface area contributed by atoms with Gasteiger partial charge in [-0.15, -0.1) is 0 Å². The highest BCUT2D eigenvalue weighted by molar-refractivity contribution is 5.47. The van der Waals surface area contributed by atoms with Crippen molar-refractivity contribution in [3.8, 4) is 0 Å². The minimum absolute atomic E-state index is 0.0590. The second kappa shape index (κ2) is 5.60. The summed E-state index contributed by atoms with van der Waals surface area (Å²) in [4.78, 5) is 6.76. The Balaban J connectivity index is 2.10. The zero-order valence-corrected chi connectivity index (χ0v) is 10.3. The monoisotopic (exact) mass is 275 g/mol. The summed E-state index contributed by atoms with van der Waals surface area (Å²) in [6, 6.07) is 1.37. The third-order valence-electron chi connectivity index (χ3n) is 3.17. The molecule has 1 saturated carbocycles. The fourth-order valence-corrected chi connectivity index (χ4v) is 2.20. The largest absolute Gasteiger partial charge is 0.451 e. The van der Waals surface area contributed by atoms with Crippen molar-refractivity contribution in [2.45, 2.75) is 31.9 Å². The first-order valence-electron chi connectivity index (χ1n) is 6.16. The molecule has 1 aliphatic rings. The minimum Gasteiger partial charge on any atom is -0.370 e. The van der Waals surface area contributed by atoms with Crippen LogP contribution in [0.1, 0.15) is 31.5 Å². The van der Waals surface area contributed by atoms with E-state index < -0.39 is 12.0 Å². The smallest absolute Gasteiger partial charge is 0.370 e. The van der Waals surface area contributed by atoms with E-state index in [1.54, 1.807) is 0 Å². The highest BCUT2D eigenvalue weighted by atomic mass is 19.4. The summed E-state index contributed by atoms with van der Waals surface area (Å²) in [5.74, 6) is 4.50. The maximum absolute atomic E-state index is 12.6. The van der Waals surface area contributed by atoms with Gasteiger partial charge in [-0.2, -0.15) is 13.2 Å². The number of halogens is 3. The van der Waals surface area contributed by atoms with Crippen molar-refractivity contribution in [1.29, 1.82) is 0 Å². The van der Waals surface area contributed by atoms with Crippen molar-refractivity contribution >= 4 is 11.6 Å². The summed E-state index contributed by atoms with van der Waals surface area (Å²) in [6.07, 6.45) is -0.0197. The Morgan fingerprint density at radius 3 is 2.42 bits per heavy atom. The molecule has 0 radical (unpaired) electrons. The Morgan fingerprint density at radius 1 is 1.21 bits per heavy atom. The van der Waals surface area contributed by atoms with Gasteiger partial charge in [0, 0.05) is 12.6 Å². The predicted molar refractivity (Wildman–Crippen MR) is 65.3 cm³/mol. The third-order valence-corrected chi connectivity index (χ3v) is 3.17. The topological polar surface area (TPSA) is 75.9 Å². The van der Waals surface area contributed by atoms with Gasteiger partial charge in [-0.3, -0.25) is 0 Å². The lowest BCUT2D eigenvalue weighted by molar-refractivity contribution is -0.144. The van der Waals surface area contributed by atoms with E-state index in [2.05, 4.69) is 20.7 Å². The summed E-state index contributed by atoms with van der Waals surface area (Å²) in [7, 11) is 0. The Hall–Kier alpha value is -1.57. The number of nitrogens with one attached hydrogen (secondary N) is 2. The van der Waals surface area contributed by atoms with Gasteiger partial charge < -0.3 is 10.7 Å². The standard InChI is InChI=1S/C11H16F3N5/c12-11(13,14)10-17-8(5-9(18-10)19-15)16-6-7-3-1-2-4-7/h5,7H,1-4,6,15H2,(H2,16,17,18,19). The number of nitrogens with zero attached hydrogens (tertiary/aromatic N) is 2. The number of aromatic nitrogens is 2. The average molecular weight is 275 g/mol. The van der Waals surface area contributed by atoms with E-state index in [0.717, 1.165) is 12.8 Å². The number of nitrogens with two attached hydrogens (primary N) is 1. The lowest BCUT2D eigenvalue weighted by Crippen LogP contribution is -2.18. The molecule has 5 nitrogen and oxygen atoms in total. The molecule has 0 aromatic carbocycles. The van der Waals surface area contributed by atoms with E-state index in [0.29, 0.717) is 12.5 Å². The molecule has 0 saturated heterocycles. The number of nitrogen functional groups attached to an aromatic ring is 1. The summed E-state index contributed by atoms with van der Waals surface area (Å²) < 4.78 is 37.8. The number of hydrogen-bond acceptors (Lipinski definition) is 5. The van der Waals surface area contributed by atoms with Crippen molar-refractivity contribution in [3.63, 3.8) is 0 Å². The maximum Gasteiger partial charge on any atom is 0.451 e. The van der Waals surface area contributed by atoms with Gasteiger partial charge in [0.1, 0.15) is 11.6 Å². The Kier molecular flexibility index (Phi) is 4.08. The molecule has 1 aromatic heterocycles.